The number of benzene rings is 2. The van der Waals surface area contributed by atoms with E-state index in [0.717, 1.165) is 47.8 Å². The van der Waals surface area contributed by atoms with Crippen molar-refractivity contribution in [1.29, 1.82) is 0 Å². The maximum atomic E-state index is 7.39. The van der Waals surface area contributed by atoms with Gasteiger partial charge in [-0.25, -0.2) is 9.97 Å². The normalized spacial score (nSPS) is 12.4. The molecule has 1 heterocycles. The smallest absolute Gasteiger partial charge is 0.0898 e. The number of aromatic nitrogens is 2. The molecule has 0 fully saturated rings. The summed E-state index contributed by atoms with van der Waals surface area (Å²) in [5, 5.41) is 0. The molecular formula is C46H78N4. The fourth-order valence-corrected chi connectivity index (χ4v) is 8.00. The molecule has 0 spiro atoms. The Bertz CT molecular complexity index is 1190. The first kappa shape index (κ1) is 42.4. The van der Waals surface area contributed by atoms with Gasteiger partial charge in [-0.05, 0) is 61.1 Å². The zero-order valence-corrected chi connectivity index (χ0v) is 33.3. The molecule has 3 aromatic rings. The van der Waals surface area contributed by atoms with Crippen LogP contribution in [0.1, 0.15) is 219 Å². The predicted molar refractivity (Wildman–Crippen MR) is 221 cm³/mol. The van der Waals surface area contributed by atoms with E-state index in [1.165, 1.54) is 165 Å². The van der Waals surface area contributed by atoms with Gasteiger partial charge in [0.15, 0.2) is 0 Å². The minimum atomic E-state index is -0.317. The maximum absolute atomic E-state index is 7.39. The second kappa shape index (κ2) is 24.2. The van der Waals surface area contributed by atoms with Crippen molar-refractivity contribution in [3.63, 3.8) is 0 Å². The lowest BCUT2D eigenvalue weighted by molar-refractivity contribution is 0.343. The molecule has 4 heteroatoms. The predicted octanol–water partition coefficient (Wildman–Crippen LogP) is 14.1. The van der Waals surface area contributed by atoms with Crippen molar-refractivity contribution < 1.29 is 0 Å². The van der Waals surface area contributed by atoms with Gasteiger partial charge in [-0.3, -0.25) is 0 Å². The molecule has 0 aliphatic heterocycles. The average Bonchev–Trinajstić information content (AvgIpc) is 3.12. The van der Waals surface area contributed by atoms with Crippen molar-refractivity contribution in [2.24, 2.45) is 11.5 Å². The number of fused-ring (bicyclic) bond motifs is 2. The average molecular weight is 687 g/mol. The molecule has 282 valence electrons. The molecule has 0 aliphatic carbocycles. The summed E-state index contributed by atoms with van der Waals surface area (Å²) in [6, 6.07) is 13.4. The van der Waals surface area contributed by atoms with E-state index in [-0.39, 0.29) is 11.1 Å². The Kier molecular flexibility index (Phi) is 20.5. The van der Waals surface area contributed by atoms with E-state index in [9.17, 15) is 0 Å². The highest BCUT2D eigenvalue weighted by molar-refractivity contribution is 5.87. The van der Waals surface area contributed by atoms with Crippen LogP contribution in [0, 0.1) is 0 Å². The summed E-state index contributed by atoms with van der Waals surface area (Å²) in [6.45, 7) is 9.16. The van der Waals surface area contributed by atoms with Crippen molar-refractivity contribution in [3.8, 4) is 0 Å². The number of hydrogen-bond acceptors (Lipinski definition) is 4. The molecule has 1 aromatic heterocycles. The molecule has 0 unspecified atom stereocenters. The van der Waals surface area contributed by atoms with Crippen LogP contribution in [-0.4, -0.2) is 9.97 Å². The minimum Gasteiger partial charge on any atom is -0.321 e. The zero-order chi connectivity index (χ0) is 35.9. The Balaban J connectivity index is 1.84. The highest BCUT2D eigenvalue weighted by Crippen LogP contribution is 2.35. The van der Waals surface area contributed by atoms with Crippen molar-refractivity contribution in [3.05, 3.63) is 47.5 Å². The third-order valence-electron chi connectivity index (χ3n) is 11.5. The van der Waals surface area contributed by atoms with E-state index in [0.29, 0.717) is 0 Å². The number of nitrogens with zero attached hydrogens (tertiary/aromatic N) is 2. The van der Waals surface area contributed by atoms with Crippen LogP contribution in [0.25, 0.3) is 22.1 Å². The first-order chi connectivity index (χ1) is 24.4. The van der Waals surface area contributed by atoms with Gasteiger partial charge in [-0.15, -0.1) is 0 Å². The third-order valence-corrected chi connectivity index (χ3v) is 11.5. The SMILES string of the molecule is CCCCCCCCC(N)(CCCCCCCC)c1ccc2nc3ccc(C(N)(CCCCCCCC)CCCCCCCC)cc3nc2c1. The molecule has 0 amide bonds. The van der Waals surface area contributed by atoms with E-state index in [4.69, 9.17) is 21.4 Å². The molecule has 0 saturated heterocycles. The molecular weight excluding hydrogens is 609 g/mol. The van der Waals surface area contributed by atoms with Crippen LogP contribution in [0.3, 0.4) is 0 Å². The Hall–Kier alpha value is -2.04. The summed E-state index contributed by atoms with van der Waals surface area (Å²) in [7, 11) is 0. The van der Waals surface area contributed by atoms with Crippen molar-refractivity contribution >= 4 is 22.1 Å². The fraction of sp³-hybridized carbons (Fsp3) is 0.739. The fourth-order valence-electron chi connectivity index (χ4n) is 8.00. The van der Waals surface area contributed by atoms with Crippen LogP contribution < -0.4 is 11.5 Å². The van der Waals surface area contributed by atoms with Crippen molar-refractivity contribution in [1.82, 2.24) is 9.97 Å². The van der Waals surface area contributed by atoms with Crippen LogP contribution >= 0.6 is 0 Å². The standard InChI is InChI=1S/C46H78N4/c1-5-9-13-17-21-25-33-45(47,34-26-22-18-14-10-6-2)39-29-31-41-43(37-39)50-44-38-40(30-32-42(44)49-41)46(48,35-27-23-19-15-11-7-3)36-28-24-20-16-12-8-4/h29-32,37-38H,5-28,33-36,47-48H2,1-4H3. The first-order valence-corrected chi connectivity index (χ1v) is 21.7. The Morgan fingerprint density at radius 1 is 0.360 bits per heavy atom. The summed E-state index contributed by atoms with van der Waals surface area (Å²) in [4.78, 5) is 10.4. The highest BCUT2D eigenvalue weighted by atomic mass is 14.8. The molecule has 2 aromatic carbocycles. The summed E-state index contributed by atoms with van der Waals surface area (Å²) < 4.78 is 0. The number of nitrogens with two attached hydrogens (primary N) is 2. The molecule has 0 radical (unpaired) electrons. The van der Waals surface area contributed by atoms with E-state index in [2.05, 4.69) is 64.1 Å². The molecule has 0 bridgehead atoms. The molecule has 4 nitrogen and oxygen atoms in total. The van der Waals surface area contributed by atoms with Crippen LogP contribution in [-0.2, 0) is 11.1 Å². The first-order valence-electron chi connectivity index (χ1n) is 21.7. The molecule has 0 saturated carbocycles. The number of rotatable bonds is 30. The van der Waals surface area contributed by atoms with Gasteiger partial charge in [0.25, 0.3) is 0 Å². The van der Waals surface area contributed by atoms with Crippen molar-refractivity contribution in [2.45, 2.75) is 219 Å². The van der Waals surface area contributed by atoms with Crippen molar-refractivity contribution in [2.75, 3.05) is 0 Å². The van der Waals surface area contributed by atoms with E-state index < -0.39 is 0 Å². The van der Waals surface area contributed by atoms with Gasteiger partial charge in [0.05, 0.1) is 22.1 Å². The van der Waals surface area contributed by atoms with Crippen LogP contribution in [0.2, 0.25) is 0 Å². The summed E-state index contributed by atoms with van der Waals surface area (Å²) >= 11 is 0. The highest BCUT2D eigenvalue weighted by Gasteiger charge is 2.28. The Morgan fingerprint density at radius 3 is 0.920 bits per heavy atom. The largest absolute Gasteiger partial charge is 0.321 e. The van der Waals surface area contributed by atoms with Crippen LogP contribution in [0.4, 0.5) is 0 Å². The molecule has 4 N–H and O–H groups in total. The topological polar surface area (TPSA) is 77.8 Å². The summed E-state index contributed by atoms with van der Waals surface area (Å²) in [6.07, 6.45) is 35.2. The lowest BCUT2D eigenvalue weighted by Gasteiger charge is -2.31. The van der Waals surface area contributed by atoms with Gasteiger partial charge >= 0.3 is 0 Å². The molecule has 50 heavy (non-hydrogen) atoms. The number of unbranched alkanes of at least 4 members (excludes halogenated alkanes) is 20. The monoisotopic (exact) mass is 687 g/mol. The van der Waals surface area contributed by atoms with E-state index in [1.807, 2.05) is 0 Å². The van der Waals surface area contributed by atoms with Gasteiger partial charge in [0, 0.05) is 11.1 Å². The van der Waals surface area contributed by atoms with Crippen LogP contribution in [0.15, 0.2) is 36.4 Å². The third kappa shape index (κ3) is 14.5. The Morgan fingerprint density at radius 2 is 0.620 bits per heavy atom. The minimum absolute atomic E-state index is 0.317. The van der Waals surface area contributed by atoms with Gasteiger partial charge < -0.3 is 11.5 Å². The van der Waals surface area contributed by atoms with E-state index in [1.54, 1.807) is 0 Å². The zero-order valence-electron chi connectivity index (χ0n) is 33.3. The molecule has 0 atom stereocenters. The molecule has 0 aliphatic rings. The lowest BCUT2D eigenvalue weighted by Crippen LogP contribution is -2.37. The summed E-state index contributed by atoms with van der Waals surface area (Å²) in [5.74, 6) is 0. The van der Waals surface area contributed by atoms with Gasteiger partial charge in [0.1, 0.15) is 0 Å². The van der Waals surface area contributed by atoms with Gasteiger partial charge in [0.2, 0.25) is 0 Å². The van der Waals surface area contributed by atoms with Crippen LogP contribution in [0.5, 0.6) is 0 Å². The molecule has 3 rings (SSSR count). The van der Waals surface area contributed by atoms with E-state index >= 15 is 0 Å². The summed E-state index contributed by atoms with van der Waals surface area (Å²) in [5.41, 5.74) is 20.4. The lowest BCUT2D eigenvalue weighted by atomic mass is 9.80. The number of hydrogen-bond donors (Lipinski definition) is 2. The second-order valence-corrected chi connectivity index (χ2v) is 16.0. The second-order valence-electron chi connectivity index (χ2n) is 16.0. The van der Waals surface area contributed by atoms with Gasteiger partial charge in [-0.2, -0.15) is 0 Å². The Labute approximate surface area is 308 Å². The quantitative estimate of drug-likeness (QED) is 0.0540. The maximum Gasteiger partial charge on any atom is 0.0898 e. The van der Waals surface area contributed by atoms with Gasteiger partial charge in [-0.1, -0.05) is 194 Å².